The molecule has 0 spiro atoms. The minimum absolute atomic E-state index is 0.0355. The number of alkyl halides is 3. The summed E-state index contributed by atoms with van der Waals surface area (Å²) in [5, 5.41) is 8.93. The molecule has 0 heterocycles. The van der Waals surface area contributed by atoms with E-state index in [-0.39, 0.29) is 12.1 Å². The first-order chi connectivity index (χ1) is 8.85. The lowest BCUT2D eigenvalue weighted by Crippen LogP contribution is -2.16. The number of methoxy groups -OCH3 is 1. The lowest BCUT2D eigenvalue weighted by molar-refractivity contribution is -0.140. The van der Waals surface area contributed by atoms with E-state index in [1.165, 1.54) is 12.1 Å². The second-order valence-electron chi connectivity index (χ2n) is 3.69. The molecule has 0 saturated carbocycles. The summed E-state index contributed by atoms with van der Waals surface area (Å²) in [6.45, 7) is -0.0703. The highest BCUT2D eigenvalue weighted by molar-refractivity contribution is 5.74. The smallest absolute Gasteiger partial charge is 0.417 e. The van der Waals surface area contributed by atoms with Gasteiger partial charge in [-0.25, -0.2) is 0 Å². The first kappa shape index (κ1) is 15.0. The number of hydrogen-bond acceptors (Lipinski definition) is 4. The van der Waals surface area contributed by atoms with Crippen LogP contribution < -0.4 is 5.73 Å². The van der Waals surface area contributed by atoms with Crippen molar-refractivity contribution in [2.75, 3.05) is 7.11 Å². The fraction of sp³-hybridized carbons (Fsp3) is 0.333. The van der Waals surface area contributed by atoms with E-state index in [1.54, 1.807) is 0 Å². The third-order valence-corrected chi connectivity index (χ3v) is 2.60. The molecule has 2 N–H and O–H groups in total. The maximum absolute atomic E-state index is 12.8. The predicted octanol–water partition coefficient (Wildman–Crippen LogP) is 1.75. The Morgan fingerprint density at radius 2 is 2.11 bits per heavy atom. The molecule has 0 bridgehead atoms. The Kier molecular flexibility index (Phi) is 4.51. The van der Waals surface area contributed by atoms with Crippen LogP contribution in [0.1, 0.15) is 22.3 Å². The van der Waals surface area contributed by atoms with Crippen LogP contribution in [-0.2, 0) is 28.7 Å². The van der Waals surface area contributed by atoms with Crippen molar-refractivity contribution in [2.45, 2.75) is 19.1 Å². The van der Waals surface area contributed by atoms with Crippen LogP contribution in [-0.4, -0.2) is 13.1 Å². The van der Waals surface area contributed by atoms with Crippen molar-refractivity contribution >= 4 is 5.97 Å². The third-order valence-electron chi connectivity index (χ3n) is 2.60. The van der Waals surface area contributed by atoms with Gasteiger partial charge in [-0.15, -0.1) is 0 Å². The SMILES string of the molecule is COC(=O)Cc1c(CN)ccc(C(F)(F)F)c1C#N. The van der Waals surface area contributed by atoms with Gasteiger partial charge in [-0.05, 0) is 17.2 Å². The molecule has 0 aliphatic rings. The zero-order valence-corrected chi connectivity index (χ0v) is 10.0. The van der Waals surface area contributed by atoms with Crippen LogP contribution in [0, 0.1) is 11.3 Å². The van der Waals surface area contributed by atoms with Crippen LogP contribution in [0.4, 0.5) is 13.2 Å². The summed E-state index contributed by atoms with van der Waals surface area (Å²) < 4.78 is 42.7. The molecule has 102 valence electrons. The van der Waals surface area contributed by atoms with Crippen LogP contribution in [0.15, 0.2) is 12.1 Å². The van der Waals surface area contributed by atoms with Crippen molar-refractivity contribution in [1.29, 1.82) is 5.26 Å². The Bertz CT molecular complexity index is 533. The van der Waals surface area contributed by atoms with Gasteiger partial charge in [0.25, 0.3) is 0 Å². The molecule has 1 aromatic carbocycles. The number of carbonyl (C=O) groups is 1. The van der Waals surface area contributed by atoms with E-state index >= 15 is 0 Å². The first-order valence-corrected chi connectivity index (χ1v) is 5.24. The van der Waals surface area contributed by atoms with Gasteiger partial charge in [0.05, 0.1) is 24.7 Å². The van der Waals surface area contributed by atoms with E-state index in [0.717, 1.165) is 13.2 Å². The molecule has 1 aromatic rings. The molecule has 1 rings (SSSR count). The van der Waals surface area contributed by atoms with Gasteiger partial charge in [-0.2, -0.15) is 18.4 Å². The molecule has 0 atom stereocenters. The van der Waals surface area contributed by atoms with Crippen molar-refractivity contribution < 1.29 is 22.7 Å². The minimum Gasteiger partial charge on any atom is -0.469 e. The molecule has 4 nitrogen and oxygen atoms in total. The van der Waals surface area contributed by atoms with Crippen molar-refractivity contribution in [3.05, 3.63) is 34.4 Å². The lowest BCUT2D eigenvalue weighted by atomic mass is 9.94. The Balaban J connectivity index is 3.47. The van der Waals surface area contributed by atoms with Gasteiger partial charge >= 0.3 is 12.1 Å². The molecule has 0 aliphatic carbocycles. The molecule has 0 amide bonds. The van der Waals surface area contributed by atoms with E-state index < -0.39 is 29.7 Å². The zero-order valence-electron chi connectivity index (χ0n) is 10.0. The van der Waals surface area contributed by atoms with Crippen molar-refractivity contribution in [3.8, 4) is 6.07 Å². The minimum atomic E-state index is -4.66. The van der Waals surface area contributed by atoms with Gasteiger partial charge < -0.3 is 10.5 Å². The molecular formula is C12H11F3N2O2. The highest BCUT2D eigenvalue weighted by Crippen LogP contribution is 2.34. The summed E-state index contributed by atoms with van der Waals surface area (Å²) >= 11 is 0. The number of benzene rings is 1. The standard InChI is InChI=1S/C12H11F3N2O2/c1-19-11(18)4-8-7(5-16)2-3-10(9(8)6-17)12(13,14)15/h2-3H,4-5,16H2,1H3. The maximum atomic E-state index is 12.8. The lowest BCUT2D eigenvalue weighted by Gasteiger charge is -2.15. The van der Waals surface area contributed by atoms with Gasteiger partial charge in [-0.1, -0.05) is 6.07 Å². The molecule has 0 aliphatic heterocycles. The topological polar surface area (TPSA) is 76.1 Å². The normalized spacial score (nSPS) is 10.9. The quantitative estimate of drug-likeness (QED) is 0.850. The summed E-state index contributed by atoms with van der Waals surface area (Å²) in [6.07, 6.45) is -5.08. The summed E-state index contributed by atoms with van der Waals surface area (Å²) in [6, 6.07) is 3.45. The molecule has 7 heteroatoms. The molecule has 0 aromatic heterocycles. The fourth-order valence-corrected chi connectivity index (χ4v) is 1.66. The van der Waals surface area contributed by atoms with Crippen LogP contribution >= 0.6 is 0 Å². The second-order valence-corrected chi connectivity index (χ2v) is 3.69. The number of ether oxygens (including phenoxy) is 1. The maximum Gasteiger partial charge on any atom is 0.417 e. The predicted molar refractivity (Wildman–Crippen MR) is 59.8 cm³/mol. The van der Waals surface area contributed by atoms with E-state index in [4.69, 9.17) is 11.0 Å². The van der Waals surface area contributed by atoms with E-state index in [2.05, 4.69) is 4.74 Å². The van der Waals surface area contributed by atoms with Gasteiger partial charge in [0, 0.05) is 6.54 Å². The molecule has 0 radical (unpaired) electrons. The van der Waals surface area contributed by atoms with Crippen molar-refractivity contribution in [2.24, 2.45) is 5.73 Å². The van der Waals surface area contributed by atoms with Crippen LogP contribution in [0.25, 0.3) is 0 Å². The number of halogens is 3. The van der Waals surface area contributed by atoms with Gasteiger partial charge in [0.1, 0.15) is 6.07 Å². The number of carbonyl (C=O) groups excluding carboxylic acids is 1. The number of esters is 1. The monoisotopic (exact) mass is 272 g/mol. The Morgan fingerprint density at radius 3 is 2.53 bits per heavy atom. The Labute approximate surface area is 107 Å². The number of hydrogen-bond donors (Lipinski definition) is 1. The first-order valence-electron chi connectivity index (χ1n) is 5.24. The highest BCUT2D eigenvalue weighted by Gasteiger charge is 2.35. The molecule has 0 fully saturated rings. The van der Waals surface area contributed by atoms with Crippen LogP contribution in [0.3, 0.4) is 0 Å². The summed E-state index contributed by atoms with van der Waals surface area (Å²) in [4.78, 5) is 11.2. The van der Waals surface area contributed by atoms with Crippen molar-refractivity contribution in [1.82, 2.24) is 0 Å². The molecular weight excluding hydrogens is 261 g/mol. The van der Waals surface area contributed by atoms with Gasteiger partial charge in [-0.3, -0.25) is 4.79 Å². The Morgan fingerprint density at radius 1 is 1.47 bits per heavy atom. The summed E-state index contributed by atoms with van der Waals surface area (Å²) in [5.74, 6) is -0.731. The van der Waals surface area contributed by atoms with Gasteiger partial charge in [0.2, 0.25) is 0 Å². The largest absolute Gasteiger partial charge is 0.469 e. The summed E-state index contributed by atoms with van der Waals surface area (Å²) in [5.41, 5.74) is 4.03. The number of nitrogens with two attached hydrogens (primary N) is 1. The zero-order chi connectivity index (χ0) is 14.6. The van der Waals surface area contributed by atoms with E-state index in [1.807, 2.05) is 0 Å². The highest BCUT2D eigenvalue weighted by atomic mass is 19.4. The van der Waals surface area contributed by atoms with Gasteiger partial charge in [0.15, 0.2) is 0 Å². The number of nitriles is 1. The van der Waals surface area contributed by atoms with Crippen molar-refractivity contribution in [3.63, 3.8) is 0 Å². The number of rotatable bonds is 3. The molecule has 0 saturated heterocycles. The summed E-state index contributed by atoms with van der Waals surface area (Å²) in [7, 11) is 1.12. The average Bonchev–Trinajstić information content (AvgIpc) is 2.36. The van der Waals surface area contributed by atoms with E-state index in [9.17, 15) is 18.0 Å². The molecule has 19 heavy (non-hydrogen) atoms. The fourth-order valence-electron chi connectivity index (χ4n) is 1.66. The number of nitrogens with zero attached hydrogens (tertiary/aromatic N) is 1. The van der Waals surface area contributed by atoms with E-state index in [0.29, 0.717) is 5.56 Å². The van der Waals surface area contributed by atoms with Crippen LogP contribution in [0.5, 0.6) is 0 Å². The van der Waals surface area contributed by atoms with Crippen LogP contribution in [0.2, 0.25) is 0 Å². The average molecular weight is 272 g/mol. The molecule has 0 unspecified atom stereocenters. The Hall–Kier alpha value is -2.07. The second kappa shape index (κ2) is 5.71. The third kappa shape index (κ3) is 3.23.